The van der Waals surface area contributed by atoms with E-state index in [-0.39, 0.29) is 10.7 Å². The number of aryl methyl sites for hydroxylation is 3. The molecule has 0 radical (unpaired) electrons. The molecule has 2 aromatic rings. The topological polar surface area (TPSA) is 68.0 Å². The van der Waals surface area contributed by atoms with E-state index >= 15 is 0 Å². The first-order valence-electron chi connectivity index (χ1n) is 4.66. The zero-order valence-electron chi connectivity index (χ0n) is 9.08. The minimum Gasteiger partial charge on any atom is -0.478 e. The second kappa shape index (κ2) is 3.45. The van der Waals surface area contributed by atoms with Gasteiger partial charge in [-0.05, 0) is 19.4 Å². The van der Waals surface area contributed by atoms with Gasteiger partial charge in [0.2, 0.25) is 0 Å². The van der Waals surface area contributed by atoms with Gasteiger partial charge in [0.1, 0.15) is 10.7 Å². The molecule has 0 aliphatic carbocycles. The quantitative estimate of drug-likeness (QED) is 0.773. The molecule has 0 saturated carbocycles. The lowest BCUT2D eigenvalue weighted by molar-refractivity contribution is 0.0696. The molecule has 0 fully saturated rings. The molecule has 5 nitrogen and oxygen atoms in total. The normalized spacial score (nSPS) is 11.0. The summed E-state index contributed by atoms with van der Waals surface area (Å²) < 4.78 is 1.59. The molecule has 84 valence electrons. The summed E-state index contributed by atoms with van der Waals surface area (Å²) >= 11 is 5.85. The Balaban J connectivity index is 2.98. The van der Waals surface area contributed by atoms with Gasteiger partial charge in [-0.2, -0.15) is 5.10 Å². The van der Waals surface area contributed by atoms with E-state index in [9.17, 15) is 4.79 Å². The smallest absolute Gasteiger partial charge is 0.339 e. The van der Waals surface area contributed by atoms with E-state index in [1.54, 1.807) is 18.7 Å². The first-order valence-corrected chi connectivity index (χ1v) is 5.04. The summed E-state index contributed by atoms with van der Waals surface area (Å²) in [6.45, 7) is 3.53. The number of rotatable bonds is 1. The van der Waals surface area contributed by atoms with Crippen molar-refractivity contribution in [2.75, 3.05) is 0 Å². The number of fused-ring (bicyclic) bond motifs is 1. The average molecular weight is 240 g/mol. The maximum Gasteiger partial charge on any atom is 0.339 e. The Labute approximate surface area is 96.7 Å². The van der Waals surface area contributed by atoms with Crippen LogP contribution in [0.5, 0.6) is 0 Å². The van der Waals surface area contributed by atoms with Gasteiger partial charge < -0.3 is 5.11 Å². The molecule has 0 saturated heterocycles. The highest BCUT2D eigenvalue weighted by atomic mass is 35.5. The number of aromatic nitrogens is 3. The standard InChI is InChI=1S/C10H10ClN3O2/c1-4-6-5(2)13-14(3)9(6)12-8(11)7(4)10(15)16/h1-3H3,(H,15,16). The molecule has 0 atom stereocenters. The van der Waals surface area contributed by atoms with Gasteiger partial charge in [0.25, 0.3) is 0 Å². The zero-order valence-corrected chi connectivity index (χ0v) is 9.83. The fourth-order valence-corrected chi connectivity index (χ4v) is 2.19. The minimum absolute atomic E-state index is 0.000463. The summed E-state index contributed by atoms with van der Waals surface area (Å²) in [5, 5.41) is 14.0. The Morgan fingerprint density at radius 2 is 2.06 bits per heavy atom. The molecule has 2 heterocycles. The van der Waals surface area contributed by atoms with Crippen LogP contribution < -0.4 is 0 Å². The fourth-order valence-electron chi connectivity index (χ4n) is 1.89. The maximum atomic E-state index is 11.1. The van der Waals surface area contributed by atoms with Crippen molar-refractivity contribution in [1.82, 2.24) is 14.8 Å². The Hall–Kier alpha value is -1.62. The van der Waals surface area contributed by atoms with Crippen LogP contribution in [0.2, 0.25) is 5.15 Å². The van der Waals surface area contributed by atoms with Gasteiger partial charge in [0.05, 0.1) is 5.69 Å². The first kappa shape index (κ1) is 10.9. The van der Waals surface area contributed by atoms with Crippen molar-refractivity contribution < 1.29 is 9.90 Å². The Morgan fingerprint density at radius 1 is 1.44 bits per heavy atom. The maximum absolute atomic E-state index is 11.1. The van der Waals surface area contributed by atoms with E-state index < -0.39 is 5.97 Å². The summed E-state index contributed by atoms with van der Waals surface area (Å²) in [6.07, 6.45) is 0. The van der Waals surface area contributed by atoms with Crippen molar-refractivity contribution in [2.24, 2.45) is 7.05 Å². The molecule has 2 aromatic heterocycles. The number of aromatic carboxylic acids is 1. The molecule has 0 aromatic carbocycles. The van der Waals surface area contributed by atoms with Crippen LogP contribution in [0.3, 0.4) is 0 Å². The Kier molecular flexibility index (Phi) is 2.35. The number of halogens is 1. The zero-order chi connectivity index (χ0) is 12.0. The molecule has 16 heavy (non-hydrogen) atoms. The van der Waals surface area contributed by atoms with E-state index in [4.69, 9.17) is 16.7 Å². The molecular formula is C10H10ClN3O2. The third kappa shape index (κ3) is 1.36. The summed E-state index contributed by atoms with van der Waals surface area (Å²) in [5.41, 5.74) is 2.00. The number of carboxylic acids is 1. The van der Waals surface area contributed by atoms with E-state index in [0.29, 0.717) is 11.2 Å². The van der Waals surface area contributed by atoms with Crippen LogP contribution in [0, 0.1) is 13.8 Å². The molecule has 2 rings (SSSR count). The second-order valence-corrected chi connectivity index (χ2v) is 3.97. The van der Waals surface area contributed by atoms with E-state index in [0.717, 1.165) is 11.1 Å². The van der Waals surface area contributed by atoms with E-state index in [1.807, 2.05) is 6.92 Å². The predicted molar refractivity (Wildman–Crippen MR) is 60.0 cm³/mol. The predicted octanol–water partition coefficient (Wildman–Crippen LogP) is 1.94. The molecule has 0 unspecified atom stereocenters. The number of pyridine rings is 1. The largest absolute Gasteiger partial charge is 0.478 e. The van der Waals surface area contributed by atoms with Crippen LogP contribution in [0.4, 0.5) is 0 Å². The van der Waals surface area contributed by atoms with Crippen molar-refractivity contribution in [2.45, 2.75) is 13.8 Å². The van der Waals surface area contributed by atoms with Crippen LogP contribution in [0.1, 0.15) is 21.6 Å². The van der Waals surface area contributed by atoms with Crippen molar-refractivity contribution in [3.63, 3.8) is 0 Å². The van der Waals surface area contributed by atoms with E-state index in [1.165, 1.54) is 0 Å². The highest BCUT2D eigenvalue weighted by Crippen LogP contribution is 2.27. The minimum atomic E-state index is -1.07. The Bertz CT molecular complexity index is 604. The van der Waals surface area contributed by atoms with Crippen LogP contribution in [0.25, 0.3) is 11.0 Å². The van der Waals surface area contributed by atoms with Gasteiger partial charge in [0.15, 0.2) is 5.65 Å². The third-order valence-electron chi connectivity index (χ3n) is 2.57. The molecular weight excluding hydrogens is 230 g/mol. The molecule has 0 spiro atoms. The Morgan fingerprint density at radius 3 is 2.62 bits per heavy atom. The molecule has 1 N–H and O–H groups in total. The van der Waals surface area contributed by atoms with Crippen molar-refractivity contribution in [1.29, 1.82) is 0 Å². The second-order valence-electron chi connectivity index (χ2n) is 3.62. The first-order chi connectivity index (χ1) is 7.43. The van der Waals surface area contributed by atoms with Gasteiger partial charge in [0, 0.05) is 12.4 Å². The fraction of sp³-hybridized carbons (Fsp3) is 0.300. The molecule has 0 aliphatic rings. The highest BCUT2D eigenvalue weighted by Gasteiger charge is 2.20. The lowest BCUT2D eigenvalue weighted by Crippen LogP contribution is -2.04. The van der Waals surface area contributed by atoms with Gasteiger partial charge in [-0.25, -0.2) is 9.78 Å². The number of carboxylic acid groups (broad SMARTS) is 1. The third-order valence-corrected chi connectivity index (χ3v) is 2.84. The van der Waals surface area contributed by atoms with Gasteiger partial charge in [-0.3, -0.25) is 4.68 Å². The van der Waals surface area contributed by atoms with Crippen LogP contribution in [0.15, 0.2) is 0 Å². The van der Waals surface area contributed by atoms with E-state index in [2.05, 4.69) is 10.1 Å². The van der Waals surface area contributed by atoms with Gasteiger partial charge in [-0.1, -0.05) is 11.6 Å². The van der Waals surface area contributed by atoms with Gasteiger partial charge >= 0.3 is 5.97 Å². The summed E-state index contributed by atoms with van der Waals surface area (Å²) in [5.74, 6) is -1.07. The lowest BCUT2D eigenvalue weighted by Gasteiger charge is -2.04. The molecule has 0 bridgehead atoms. The van der Waals surface area contributed by atoms with Crippen LogP contribution in [-0.2, 0) is 7.05 Å². The molecule has 0 aliphatic heterocycles. The number of hydrogen-bond donors (Lipinski definition) is 1. The monoisotopic (exact) mass is 239 g/mol. The SMILES string of the molecule is Cc1nn(C)c2nc(Cl)c(C(=O)O)c(C)c12. The average Bonchev–Trinajstić information content (AvgIpc) is 2.41. The van der Waals surface area contributed by atoms with Gasteiger partial charge in [-0.15, -0.1) is 0 Å². The summed E-state index contributed by atoms with van der Waals surface area (Å²) in [4.78, 5) is 15.1. The number of carbonyl (C=O) groups is 1. The summed E-state index contributed by atoms with van der Waals surface area (Å²) in [6, 6.07) is 0. The molecule has 0 amide bonds. The lowest BCUT2D eigenvalue weighted by atomic mass is 10.1. The number of hydrogen-bond acceptors (Lipinski definition) is 3. The van der Waals surface area contributed by atoms with Crippen LogP contribution in [-0.4, -0.2) is 25.8 Å². The summed E-state index contributed by atoms with van der Waals surface area (Å²) in [7, 11) is 1.75. The number of nitrogens with zero attached hydrogens (tertiary/aromatic N) is 3. The molecule has 6 heteroatoms. The van der Waals surface area contributed by atoms with Crippen molar-refractivity contribution >= 4 is 28.6 Å². The van der Waals surface area contributed by atoms with Crippen molar-refractivity contribution in [3.8, 4) is 0 Å². The van der Waals surface area contributed by atoms with Crippen LogP contribution >= 0.6 is 11.6 Å². The highest BCUT2D eigenvalue weighted by molar-refractivity contribution is 6.33. The van der Waals surface area contributed by atoms with Crippen molar-refractivity contribution in [3.05, 3.63) is 22.0 Å².